The van der Waals surface area contributed by atoms with Crippen molar-refractivity contribution in [2.45, 2.75) is 6.54 Å². The molecule has 0 atom stereocenters. The van der Waals surface area contributed by atoms with Crippen LogP contribution in [0.5, 0.6) is 0 Å². The zero-order valence-electron chi connectivity index (χ0n) is 9.75. The van der Waals surface area contributed by atoms with Crippen LogP contribution in [0.3, 0.4) is 0 Å². The van der Waals surface area contributed by atoms with Crippen molar-refractivity contribution in [1.82, 2.24) is 9.78 Å². The Morgan fingerprint density at radius 1 is 1.26 bits per heavy atom. The van der Waals surface area contributed by atoms with Gasteiger partial charge in [0.05, 0.1) is 11.4 Å². The highest BCUT2D eigenvalue weighted by molar-refractivity contribution is 7.13. The Morgan fingerprint density at radius 2 is 2.05 bits per heavy atom. The molecule has 0 spiro atoms. The average molecular weight is 293 g/mol. The van der Waals surface area contributed by atoms with Gasteiger partial charge in [0.1, 0.15) is 0 Å². The lowest BCUT2D eigenvalue weighted by molar-refractivity contribution is 0.495. The Kier molecular flexibility index (Phi) is 3.23. The first kappa shape index (κ1) is 12.2. The minimum atomic E-state index is -0.460. The van der Waals surface area contributed by atoms with Crippen LogP contribution in [0, 0.1) is 0 Å². The molecule has 0 unspecified atom stereocenters. The maximum Gasteiger partial charge on any atom is 0.437 e. The molecule has 3 rings (SSSR count). The predicted molar refractivity (Wildman–Crippen MR) is 74.6 cm³/mol. The smallest absolute Gasteiger partial charge is 0.387 e. The highest BCUT2D eigenvalue weighted by Crippen LogP contribution is 2.21. The summed E-state index contributed by atoms with van der Waals surface area (Å²) in [4.78, 5) is 12.6. The summed E-state index contributed by atoms with van der Waals surface area (Å²) >= 11 is 7.30. The fraction of sp³-hybridized carbons (Fsp3) is 0.0769. The first-order valence-electron chi connectivity index (χ1n) is 5.58. The molecule has 0 aliphatic heterocycles. The third kappa shape index (κ3) is 2.62. The number of hydrogen-bond donors (Lipinski definition) is 0. The van der Waals surface area contributed by atoms with Crippen molar-refractivity contribution in [3.8, 4) is 10.8 Å². The third-order valence-electron chi connectivity index (χ3n) is 2.58. The van der Waals surface area contributed by atoms with Crippen molar-refractivity contribution in [3.05, 3.63) is 62.9 Å². The van der Waals surface area contributed by atoms with Gasteiger partial charge in [0.15, 0.2) is 0 Å². The van der Waals surface area contributed by atoms with Gasteiger partial charge >= 0.3 is 5.76 Å². The molecule has 2 aromatic heterocycles. The number of benzene rings is 1. The Hall–Kier alpha value is -1.85. The fourth-order valence-electron chi connectivity index (χ4n) is 1.67. The van der Waals surface area contributed by atoms with E-state index in [9.17, 15) is 4.79 Å². The molecule has 1 aromatic carbocycles. The topological polar surface area (TPSA) is 48.0 Å². The van der Waals surface area contributed by atoms with Crippen molar-refractivity contribution in [1.29, 1.82) is 0 Å². The minimum absolute atomic E-state index is 0.356. The minimum Gasteiger partial charge on any atom is -0.387 e. The van der Waals surface area contributed by atoms with Crippen molar-refractivity contribution < 1.29 is 4.42 Å². The van der Waals surface area contributed by atoms with E-state index in [1.165, 1.54) is 16.0 Å². The van der Waals surface area contributed by atoms with Gasteiger partial charge in [0.25, 0.3) is 5.89 Å². The van der Waals surface area contributed by atoms with Gasteiger partial charge in [0.2, 0.25) is 0 Å². The molecule has 0 radical (unpaired) electrons. The molecule has 2 heterocycles. The molecule has 19 heavy (non-hydrogen) atoms. The number of aromatic nitrogens is 2. The standard InChI is InChI=1S/C13H9ClN2O2S/c14-10-5-3-9(4-6-10)8-16-13(17)18-12(15-16)11-2-1-7-19-11/h1-7H,8H2. The molecule has 4 nitrogen and oxygen atoms in total. The maximum absolute atomic E-state index is 11.7. The second-order valence-electron chi connectivity index (χ2n) is 3.93. The molecule has 0 saturated heterocycles. The summed E-state index contributed by atoms with van der Waals surface area (Å²) in [5.41, 5.74) is 0.942. The highest BCUT2D eigenvalue weighted by Gasteiger charge is 2.11. The van der Waals surface area contributed by atoms with Crippen LogP contribution >= 0.6 is 22.9 Å². The summed E-state index contributed by atoms with van der Waals surface area (Å²) in [6.07, 6.45) is 0. The van der Waals surface area contributed by atoms with Crippen LogP contribution in [0.25, 0.3) is 10.8 Å². The molecule has 0 saturated carbocycles. The summed E-state index contributed by atoms with van der Waals surface area (Å²) in [6.45, 7) is 0.366. The number of thiophene rings is 1. The molecule has 0 amide bonds. The van der Waals surface area contributed by atoms with Crippen LogP contribution in [-0.4, -0.2) is 9.78 Å². The highest BCUT2D eigenvalue weighted by atomic mass is 35.5. The van der Waals surface area contributed by atoms with E-state index in [0.29, 0.717) is 17.5 Å². The van der Waals surface area contributed by atoms with Crippen molar-refractivity contribution in [2.75, 3.05) is 0 Å². The van der Waals surface area contributed by atoms with Gasteiger partial charge in [-0.05, 0) is 29.1 Å². The summed E-state index contributed by atoms with van der Waals surface area (Å²) in [7, 11) is 0. The fourth-order valence-corrected chi connectivity index (χ4v) is 2.44. The van der Waals surface area contributed by atoms with Crippen LogP contribution < -0.4 is 5.76 Å². The number of hydrogen-bond acceptors (Lipinski definition) is 4. The molecule has 0 bridgehead atoms. The van der Waals surface area contributed by atoms with E-state index in [4.69, 9.17) is 16.0 Å². The summed E-state index contributed by atoms with van der Waals surface area (Å²) < 4.78 is 6.44. The summed E-state index contributed by atoms with van der Waals surface area (Å²) in [6, 6.07) is 11.0. The predicted octanol–water partition coefficient (Wildman–Crippen LogP) is 3.27. The van der Waals surface area contributed by atoms with E-state index in [0.717, 1.165) is 10.4 Å². The number of halogens is 1. The Labute approximate surface area is 117 Å². The molecule has 0 N–H and O–H groups in total. The first-order valence-corrected chi connectivity index (χ1v) is 6.84. The first-order chi connectivity index (χ1) is 9.22. The maximum atomic E-state index is 11.7. The zero-order valence-corrected chi connectivity index (χ0v) is 11.3. The Morgan fingerprint density at radius 3 is 2.74 bits per heavy atom. The van der Waals surface area contributed by atoms with E-state index >= 15 is 0 Å². The SMILES string of the molecule is O=c1oc(-c2cccs2)nn1Cc1ccc(Cl)cc1. The molecule has 6 heteroatoms. The molecular formula is C13H9ClN2O2S. The molecule has 3 aromatic rings. The van der Waals surface area contributed by atoms with Gasteiger partial charge in [-0.2, -0.15) is 4.68 Å². The van der Waals surface area contributed by atoms with E-state index in [1.807, 2.05) is 29.6 Å². The molecule has 0 fully saturated rings. The monoisotopic (exact) mass is 292 g/mol. The normalized spacial score (nSPS) is 10.8. The second-order valence-corrected chi connectivity index (χ2v) is 5.32. The lowest BCUT2D eigenvalue weighted by Gasteiger charge is -1.99. The lowest BCUT2D eigenvalue weighted by atomic mass is 10.2. The van der Waals surface area contributed by atoms with Crippen LogP contribution in [0.4, 0.5) is 0 Å². The van der Waals surface area contributed by atoms with Gasteiger partial charge in [-0.1, -0.05) is 29.8 Å². The molecule has 0 aliphatic carbocycles. The van der Waals surface area contributed by atoms with Gasteiger partial charge in [0, 0.05) is 5.02 Å². The van der Waals surface area contributed by atoms with Crippen molar-refractivity contribution in [3.63, 3.8) is 0 Å². The quantitative estimate of drug-likeness (QED) is 0.744. The zero-order chi connectivity index (χ0) is 13.2. The van der Waals surface area contributed by atoms with Crippen LogP contribution in [0.1, 0.15) is 5.56 Å². The average Bonchev–Trinajstić information content (AvgIpc) is 3.03. The van der Waals surface area contributed by atoms with Crippen LogP contribution in [0.15, 0.2) is 51.0 Å². The second kappa shape index (κ2) is 5.03. The van der Waals surface area contributed by atoms with E-state index in [-0.39, 0.29) is 0 Å². The summed E-state index contributed by atoms with van der Waals surface area (Å²) in [5.74, 6) is -0.104. The molecule has 0 aliphatic rings. The lowest BCUT2D eigenvalue weighted by Crippen LogP contribution is -2.16. The third-order valence-corrected chi connectivity index (χ3v) is 3.69. The Bertz CT molecular complexity index is 729. The molecule has 96 valence electrons. The molecular weight excluding hydrogens is 284 g/mol. The number of nitrogens with zero attached hydrogens (tertiary/aromatic N) is 2. The van der Waals surface area contributed by atoms with E-state index in [1.54, 1.807) is 12.1 Å². The largest absolute Gasteiger partial charge is 0.437 e. The van der Waals surface area contributed by atoms with Gasteiger partial charge in [-0.3, -0.25) is 0 Å². The number of rotatable bonds is 3. The van der Waals surface area contributed by atoms with E-state index < -0.39 is 5.76 Å². The van der Waals surface area contributed by atoms with Gasteiger partial charge < -0.3 is 4.42 Å². The van der Waals surface area contributed by atoms with Crippen molar-refractivity contribution >= 4 is 22.9 Å². The van der Waals surface area contributed by atoms with E-state index in [2.05, 4.69) is 5.10 Å². The van der Waals surface area contributed by atoms with Gasteiger partial charge in [-0.25, -0.2) is 4.79 Å². The Balaban J connectivity index is 1.90. The van der Waals surface area contributed by atoms with Crippen LogP contribution in [0.2, 0.25) is 5.02 Å². The van der Waals surface area contributed by atoms with Gasteiger partial charge in [-0.15, -0.1) is 16.4 Å². The van der Waals surface area contributed by atoms with Crippen molar-refractivity contribution in [2.24, 2.45) is 0 Å². The van der Waals surface area contributed by atoms with Crippen LogP contribution in [-0.2, 0) is 6.54 Å². The summed E-state index contributed by atoms with van der Waals surface area (Å²) in [5, 5.41) is 6.76.